The molecular weight excluding hydrogens is 420 g/mol. The van der Waals surface area contributed by atoms with Crippen LogP contribution in [0.2, 0.25) is 0 Å². The SMILES string of the molecule is Brc1ccc(CN=C(NCCCN2CCOCC2)NCCc2ccco2)cc1. The number of ether oxygens (including phenoxy) is 1. The van der Waals surface area contributed by atoms with Crippen molar-refractivity contribution < 1.29 is 9.15 Å². The standard InChI is InChI=1S/C21H29BrN4O2/c22-19-6-4-18(5-7-19)17-25-21(24-10-8-20-3-1-14-28-20)23-9-2-11-26-12-15-27-16-13-26/h1,3-7,14H,2,8-13,15-17H2,(H2,23,24,25). The first-order valence-electron chi connectivity index (χ1n) is 9.89. The predicted molar refractivity (Wildman–Crippen MR) is 116 cm³/mol. The Bertz CT molecular complexity index is 698. The highest BCUT2D eigenvalue weighted by Crippen LogP contribution is 2.11. The summed E-state index contributed by atoms with van der Waals surface area (Å²) < 4.78 is 11.9. The van der Waals surface area contributed by atoms with Gasteiger partial charge in [-0.15, -0.1) is 0 Å². The molecule has 0 radical (unpaired) electrons. The molecule has 6 nitrogen and oxygen atoms in total. The predicted octanol–water partition coefficient (Wildman–Crippen LogP) is 3.04. The molecule has 2 aromatic rings. The Morgan fingerprint density at radius 2 is 1.86 bits per heavy atom. The number of hydrogen-bond acceptors (Lipinski definition) is 4. The molecule has 3 rings (SSSR count). The van der Waals surface area contributed by atoms with Crippen LogP contribution in [0.25, 0.3) is 0 Å². The lowest BCUT2D eigenvalue weighted by atomic mass is 10.2. The van der Waals surface area contributed by atoms with Gasteiger partial charge in [0.05, 0.1) is 26.0 Å². The van der Waals surface area contributed by atoms with Gasteiger partial charge in [0.25, 0.3) is 0 Å². The van der Waals surface area contributed by atoms with Gasteiger partial charge in [0.15, 0.2) is 5.96 Å². The van der Waals surface area contributed by atoms with Crippen LogP contribution in [-0.2, 0) is 17.7 Å². The summed E-state index contributed by atoms with van der Waals surface area (Å²) in [4.78, 5) is 7.19. The highest BCUT2D eigenvalue weighted by atomic mass is 79.9. The molecule has 7 heteroatoms. The zero-order valence-electron chi connectivity index (χ0n) is 16.2. The highest BCUT2D eigenvalue weighted by Gasteiger charge is 2.09. The smallest absolute Gasteiger partial charge is 0.191 e. The molecule has 1 saturated heterocycles. The highest BCUT2D eigenvalue weighted by molar-refractivity contribution is 9.10. The van der Waals surface area contributed by atoms with Gasteiger partial charge in [-0.05, 0) is 42.8 Å². The quantitative estimate of drug-likeness (QED) is 0.350. The van der Waals surface area contributed by atoms with Crippen molar-refractivity contribution in [1.82, 2.24) is 15.5 Å². The first kappa shape index (κ1) is 20.9. The van der Waals surface area contributed by atoms with Crippen LogP contribution in [0.1, 0.15) is 17.7 Å². The molecule has 0 spiro atoms. The van der Waals surface area contributed by atoms with Gasteiger partial charge >= 0.3 is 0 Å². The van der Waals surface area contributed by atoms with Crippen LogP contribution in [0.3, 0.4) is 0 Å². The number of morpholine rings is 1. The van der Waals surface area contributed by atoms with Crippen LogP contribution in [0.5, 0.6) is 0 Å². The molecule has 0 aliphatic carbocycles. The number of halogens is 1. The lowest BCUT2D eigenvalue weighted by Crippen LogP contribution is -2.41. The molecule has 1 fully saturated rings. The largest absolute Gasteiger partial charge is 0.469 e. The van der Waals surface area contributed by atoms with Gasteiger partial charge in [-0.2, -0.15) is 0 Å². The molecule has 2 heterocycles. The molecule has 0 saturated carbocycles. The van der Waals surface area contributed by atoms with Gasteiger partial charge in [-0.1, -0.05) is 28.1 Å². The van der Waals surface area contributed by atoms with Crippen molar-refractivity contribution in [3.05, 3.63) is 58.5 Å². The normalized spacial score (nSPS) is 15.5. The fourth-order valence-electron chi connectivity index (χ4n) is 3.03. The molecule has 1 aromatic carbocycles. The van der Waals surface area contributed by atoms with Crippen LogP contribution in [0.15, 0.2) is 56.5 Å². The summed E-state index contributed by atoms with van der Waals surface area (Å²) in [6.07, 6.45) is 3.62. The van der Waals surface area contributed by atoms with E-state index in [-0.39, 0.29) is 0 Å². The van der Waals surface area contributed by atoms with Crippen molar-refractivity contribution >= 4 is 21.9 Å². The van der Waals surface area contributed by atoms with E-state index in [0.29, 0.717) is 6.54 Å². The minimum absolute atomic E-state index is 0.646. The van der Waals surface area contributed by atoms with Gasteiger partial charge in [0.2, 0.25) is 0 Å². The number of guanidine groups is 1. The van der Waals surface area contributed by atoms with Crippen LogP contribution >= 0.6 is 15.9 Å². The third-order valence-corrected chi connectivity index (χ3v) is 5.15. The molecule has 1 aromatic heterocycles. The average molecular weight is 449 g/mol. The van der Waals surface area contributed by atoms with E-state index in [0.717, 1.165) is 75.0 Å². The second kappa shape index (κ2) is 11.9. The number of hydrogen-bond donors (Lipinski definition) is 2. The molecule has 2 N–H and O–H groups in total. The zero-order chi connectivity index (χ0) is 19.4. The van der Waals surface area contributed by atoms with Crippen LogP contribution < -0.4 is 10.6 Å². The molecule has 1 aliphatic rings. The number of benzene rings is 1. The monoisotopic (exact) mass is 448 g/mol. The summed E-state index contributed by atoms with van der Waals surface area (Å²) in [5, 5.41) is 6.88. The maximum absolute atomic E-state index is 5.40. The van der Waals surface area contributed by atoms with Gasteiger partial charge in [0, 0.05) is 37.1 Å². The van der Waals surface area contributed by atoms with Crippen LogP contribution in [0, 0.1) is 0 Å². The van der Waals surface area contributed by atoms with E-state index in [2.05, 4.69) is 43.6 Å². The molecule has 152 valence electrons. The number of nitrogens with zero attached hydrogens (tertiary/aromatic N) is 2. The molecular formula is C21H29BrN4O2. The van der Waals surface area contributed by atoms with E-state index < -0.39 is 0 Å². The number of nitrogens with one attached hydrogen (secondary N) is 2. The van der Waals surface area contributed by atoms with E-state index in [1.165, 1.54) is 5.56 Å². The van der Waals surface area contributed by atoms with Gasteiger partial charge in [0.1, 0.15) is 5.76 Å². The molecule has 0 bridgehead atoms. The Kier molecular flexibility index (Phi) is 8.87. The summed E-state index contributed by atoms with van der Waals surface area (Å²) >= 11 is 3.47. The fraction of sp³-hybridized carbons (Fsp3) is 0.476. The minimum atomic E-state index is 0.646. The number of furan rings is 1. The van der Waals surface area contributed by atoms with Crippen molar-refractivity contribution in [2.24, 2.45) is 4.99 Å². The maximum Gasteiger partial charge on any atom is 0.191 e. The second-order valence-corrected chi connectivity index (χ2v) is 7.70. The molecule has 1 aliphatic heterocycles. The first-order valence-corrected chi connectivity index (χ1v) is 10.7. The molecule has 28 heavy (non-hydrogen) atoms. The lowest BCUT2D eigenvalue weighted by molar-refractivity contribution is 0.0376. The zero-order valence-corrected chi connectivity index (χ0v) is 17.8. The second-order valence-electron chi connectivity index (χ2n) is 6.78. The lowest BCUT2D eigenvalue weighted by Gasteiger charge is -2.26. The Hall–Kier alpha value is -1.83. The Morgan fingerprint density at radius 3 is 2.61 bits per heavy atom. The summed E-state index contributed by atoms with van der Waals surface area (Å²) in [6, 6.07) is 12.2. The Labute approximate surface area is 175 Å². The van der Waals surface area contributed by atoms with Gasteiger partial charge in [-0.3, -0.25) is 4.90 Å². The van der Waals surface area contributed by atoms with E-state index >= 15 is 0 Å². The van der Waals surface area contributed by atoms with E-state index in [9.17, 15) is 0 Å². The van der Waals surface area contributed by atoms with Crippen LogP contribution in [-0.4, -0.2) is 56.8 Å². The first-order chi connectivity index (χ1) is 13.8. The van der Waals surface area contributed by atoms with Crippen molar-refractivity contribution in [2.75, 3.05) is 45.9 Å². The van der Waals surface area contributed by atoms with E-state index in [1.54, 1.807) is 6.26 Å². The summed E-state index contributed by atoms with van der Waals surface area (Å²) in [5.74, 6) is 1.82. The average Bonchev–Trinajstić information content (AvgIpc) is 3.24. The summed E-state index contributed by atoms with van der Waals surface area (Å²) in [5.41, 5.74) is 1.18. The van der Waals surface area contributed by atoms with Crippen molar-refractivity contribution in [3.8, 4) is 0 Å². The third kappa shape index (κ3) is 7.66. The Balaban J connectivity index is 1.45. The summed E-state index contributed by atoms with van der Waals surface area (Å²) in [7, 11) is 0. The molecule has 0 amide bonds. The molecule has 0 atom stereocenters. The van der Waals surface area contributed by atoms with Crippen LogP contribution in [0.4, 0.5) is 0 Å². The minimum Gasteiger partial charge on any atom is -0.469 e. The fourth-order valence-corrected chi connectivity index (χ4v) is 3.29. The molecule has 0 unspecified atom stereocenters. The van der Waals surface area contributed by atoms with Crippen molar-refractivity contribution in [1.29, 1.82) is 0 Å². The summed E-state index contributed by atoms with van der Waals surface area (Å²) in [6.45, 7) is 7.17. The Morgan fingerprint density at radius 1 is 1.07 bits per heavy atom. The maximum atomic E-state index is 5.40. The number of rotatable bonds is 9. The van der Waals surface area contributed by atoms with Crippen molar-refractivity contribution in [3.63, 3.8) is 0 Å². The van der Waals surface area contributed by atoms with Gasteiger partial charge in [-0.25, -0.2) is 4.99 Å². The topological polar surface area (TPSA) is 62.0 Å². The van der Waals surface area contributed by atoms with Gasteiger partial charge < -0.3 is 19.8 Å². The van der Waals surface area contributed by atoms with E-state index in [4.69, 9.17) is 14.1 Å². The number of aliphatic imine (C=N–C) groups is 1. The third-order valence-electron chi connectivity index (χ3n) is 4.62. The van der Waals surface area contributed by atoms with Crippen molar-refractivity contribution in [2.45, 2.75) is 19.4 Å². The van der Waals surface area contributed by atoms with E-state index in [1.807, 2.05) is 24.3 Å².